The van der Waals surface area contributed by atoms with Gasteiger partial charge >= 0.3 is 39.6 Å². The monoisotopic (exact) mass is 1390 g/mol. The van der Waals surface area contributed by atoms with Crippen LogP contribution in [0.25, 0.3) is 55.0 Å². The van der Waals surface area contributed by atoms with Crippen LogP contribution in [-0.2, 0) is 63.5 Å². The van der Waals surface area contributed by atoms with Gasteiger partial charge in [-0.2, -0.15) is 0 Å². The van der Waals surface area contributed by atoms with E-state index < -0.39 is 0 Å². The number of benzene rings is 3. The molecule has 4 unspecified atom stereocenters. The second-order valence-electron chi connectivity index (χ2n) is 21.6. The van der Waals surface area contributed by atoms with Crippen molar-refractivity contribution in [3.05, 3.63) is 214 Å². The third-order valence-corrected chi connectivity index (χ3v) is 17.5. The van der Waals surface area contributed by atoms with E-state index in [4.69, 9.17) is 35.3 Å². The Hall–Kier alpha value is -6.01. The number of para-hydroxylation sites is 1. The summed E-state index contributed by atoms with van der Waals surface area (Å²) in [4.78, 5) is 21.2. The summed E-state index contributed by atoms with van der Waals surface area (Å²) in [5, 5.41) is 32.8. The number of pyridine rings is 4. The molecule has 12 nitrogen and oxygen atoms in total. The molecule has 3 aromatic carbocycles. The minimum absolute atomic E-state index is 0. The summed E-state index contributed by atoms with van der Waals surface area (Å²) >= 11 is 0. The van der Waals surface area contributed by atoms with Crippen LogP contribution in [0, 0.1) is 40.5 Å². The summed E-state index contributed by atoms with van der Waals surface area (Å²) in [6.45, 7) is 16.0. The zero-order valence-electron chi connectivity index (χ0n) is 46.6. The van der Waals surface area contributed by atoms with Crippen molar-refractivity contribution in [1.29, 1.82) is 0 Å². The molecule has 2 saturated carbocycles. The molecule has 9 aromatic rings. The summed E-state index contributed by atoms with van der Waals surface area (Å²) in [7, 11) is 0. The fourth-order valence-electron chi connectivity index (χ4n) is 12.7. The van der Waals surface area contributed by atoms with Crippen molar-refractivity contribution in [3.63, 3.8) is 0 Å². The van der Waals surface area contributed by atoms with E-state index in [2.05, 4.69) is 134 Å². The Morgan fingerprint density at radius 3 is 1.56 bits per heavy atom. The number of aromatic nitrogens is 8. The average Bonchev–Trinajstić information content (AvgIpc) is 4.21. The summed E-state index contributed by atoms with van der Waals surface area (Å²) in [5.41, 5.74) is 12.0. The van der Waals surface area contributed by atoms with Gasteiger partial charge in [0.1, 0.15) is 5.82 Å². The molecule has 4 aliphatic rings. The first-order valence-corrected chi connectivity index (χ1v) is 25.4. The molecule has 4 bridgehead atoms. The van der Waals surface area contributed by atoms with Crippen LogP contribution >= 0.6 is 0 Å². The van der Waals surface area contributed by atoms with Crippen LogP contribution in [0.1, 0.15) is 113 Å². The Kier molecular flexibility index (Phi) is 19.0. The predicted molar refractivity (Wildman–Crippen MR) is 310 cm³/mol. The first-order valence-electron chi connectivity index (χ1n) is 25.4. The van der Waals surface area contributed by atoms with Crippen LogP contribution in [0.3, 0.4) is 0 Å². The van der Waals surface area contributed by atoms with E-state index in [1.54, 1.807) is 6.20 Å². The Labute approximate surface area is 489 Å². The first kappa shape index (κ1) is 61.2. The van der Waals surface area contributed by atoms with Crippen LogP contribution in [0.4, 0.5) is 11.5 Å². The summed E-state index contributed by atoms with van der Waals surface area (Å²) in [5.74, 6) is 2.32. The molecule has 2 fully saturated rings. The minimum atomic E-state index is 0. The normalized spacial score (nSPS) is 20.0. The maximum absolute atomic E-state index is 5.96. The van der Waals surface area contributed by atoms with Gasteiger partial charge in [0, 0.05) is 75.3 Å². The molecule has 404 valence electrons. The SMILES string of the molecule is CC12CCC(c3c1n[n-]c3-c1nc(N(C[N-]Cc3ccccn3)c3ccccc3)cc3ccccc13)C2(C)C.CC12CCC(c3c1n[n-]c3-c1nc(OC[N-]Cc3ccccn3)cc3ccccc13)C2(C)C.[CH3-].[CH3-].[CH3-].[CH3-].[Os+4].[Os+4]. The van der Waals surface area contributed by atoms with E-state index in [0.717, 1.165) is 67.2 Å². The number of nitrogens with zero attached hydrogens (tertiary/aromatic N) is 11. The van der Waals surface area contributed by atoms with Crippen molar-refractivity contribution >= 4 is 33.1 Å². The second kappa shape index (κ2) is 24.2. The summed E-state index contributed by atoms with van der Waals surface area (Å²) in [6, 6.07) is 43.0. The van der Waals surface area contributed by atoms with E-state index in [0.29, 0.717) is 37.5 Å². The summed E-state index contributed by atoms with van der Waals surface area (Å²) in [6.07, 6.45) is 8.28. The fourth-order valence-corrected chi connectivity index (χ4v) is 12.7. The van der Waals surface area contributed by atoms with Gasteiger partial charge in [-0.15, -0.1) is 13.1 Å². The predicted octanol–water partition coefficient (Wildman–Crippen LogP) is 15.0. The molecule has 0 N–H and O–H groups in total. The molecule has 6 heterocycles. The maximum atomic E-state index is 5.96. The largest absolute Gasteiger partial charge is 4.00 e. The molecule has 0 amide bonds. The van der Waals surface area contributed by atoms with Crippen LogP contribution in [-0.4, -0.2) is 43.5 Å². The number of ether oxygens (including phenoxy) is 1. The van der Waals surface area contributed by atoms with Gasteiger partial charge in [-0.3, -0.25) is 9.97 Å². The van der Waals surface area contributed by atoms with E-state index >= 15 is 0 Å². The molecule has 0 saturated heterocycles. The number of hydrogen-bond donors (Lipinski definition) is 0. The van der Waals surface area contributed by atoms with Gasteiger partial charge in [-0.25, -0.2) is 9.97 Å². The van der Waals surface area contributed by atoms with Gasteiger partial charge in [-0.1, -0.05) is 138 Å². The zero-order valence-corrected chi connectivity index (χ0v) is 51.7. The Bertz CT molecular complexity index is 3440. The smallest absolute Gasteiger partial charge is 0.640 e. The van der Waals surface area contributed by atoms with Gasteiger partial charge in [0.2, 0.25) is 5.88 Å². The molecule has 14 heteroatoms. The van der Waals surface area contributed by atoms with Gasteiger partial charge < -0.3 is 70.4 Å². The summed E-state index contributed by atoms with van der Waals surface area (Å²) < 4.78 is 5.96. The molecule has 4 aliphatic carbocycles. The molecule has 13 rings (SSSR count). The third kappa shape index (κ3) is 10.2. The topological polar surface area (TPSA) is 146 Å². The van der Waals surface area contributed by atoms with Crippen LogP contribution in [0.2, 0.25) is 0 Å². The molecule has 0 spiro atoms. The van der Waals surface area contributed by atoms with Crippen molar-refractivity contribution in [3.8, 4) is 28.7 Å². The average molecular weight is 1390 g/mol. The minimum Gasteiger partial charge on any atom is -0.640 e. The molecule has 78 heavy (non-hydrogen) atoms. The second-order valence-corrected chi connectivity index (χ2v) is 21.6. The Morgan fingerprint density at radius 1 is 0.564 bits per heavy atom. The van der Waals surface area contributed by atoms with Crippen LogP contribution < -0.4 is 19.8 Å². The molecule has 6 aromatic heterocycles. The molecular formula is C64H71N11OOs2. The molecular weight excluding hydrogens is 1320 g/mol. The third-order valence-electron chi connectivity index (χ3n) is 17.5. The van der Waals surface area contributed by atoms with E-state index in [1.807, 2.05) is 66.9 Å². The first-order chi connectivity index (χ1) is 35.0. The molecule has 0 radical (unpaired) electrons. The number of hydrogen-bond acceptors (Lipinski definition) is 8. The van der Waals surface area contributed by atoms with Gasteiger partial charge in [-0.05, 0) is 113 Å². The van der Waals surface area contributed by atoms with Crippen molar-refractivity contribution in [2.75, 3.05) is 18.3 Å². The Morgan fingerprint density at radius 2 is 1.04 bits per heavy atom. The standard InChI is InChI=1S/C33H32N6.C27H27N5O.4CH3.2Os/c1-32(2)26-16-17-33(32,3)31-28(26)30(37-38-31)29-25-15-8-7-11-22(25)19-27(36-29)39(24-13-5-4-6-14-24)21-34-20-23-12-9-10-18-35-23;1-26(2)20-11-12-27(26,3)25-22(20)24(31-32-25)23-19-10-5-4-8-17(19)14-21(30-23)33-16-28-15-18-9-6-7-13-29-18;;;;;;/h4-15,18-19,26H,16-17,20-21H2,1-3H3;4-10,13-14,20H,11-12,15-16H2,1-3H3;4*1H3;;/q2*-2;4*-1;2*+4. The van der Waals surface area contributed by atoms with E-state index in [9.17, 15) is 0 Å². The number of anilines is 2. The van der Waals surface area contributed by atoms with Gasteiger partial charge in [0.15, 0.2) is 0 Å². The van der Waals surface area contributed by atoms with Crippen LogP contribution in [0.5, 0.6) is 5.88 Å². The number of rotatable bonds is 13. The van der Waals surface area contributed by atoms with E-state index in [1.165, 1.54) is 48.2 Å². The van der Waals surface area contributed by atoms with Crippen molar-refractivity contribution in [1.82, 2.24) is 40.3 Å². The van der Waals surface area contributed by atoms with Crippen molar-refractivity contribution in [2.45, 2.75) is 103 Å². The van der Waals surface area contributed by atoms with Crippen LogP contribution in [0.15, 0.2) is 140 Å². The number of fused-ring (bicyclic) bond motifs is 12. The van der Waals surface area contributed by atoms with Gasteiger partial charge in [0.25, 0.3) is 0 Å². The maximum Gasteiger partial charge on any atom is 4.00 e. The Balaban J connectivity index is 0.000000237. The van der Waals surface area contributed by atoms with Gasteiger partial charge in [0.05, 0.1) is 11.4 Å². The van der Waals surface area contributed by atoms with Crippen molar-refractivity contribution in [2.24, 2.45) is 10.8 Å². The molecule has 0 aliphatic heterocycles. The van der Waals surface area contributed by atoms with E-state index in [-0.39, 0.29) is 97.7 Å². The molecule has 4 atom stereocenters. The quantitative estimate of drug-likeness (QED) is 0.0807. The fraction of sp³-hybridized carbons (Fsp3) is 0.312. The van der Waals surface area contributed by atoms with Crippen molar-refractivity contribution < 1.29 is 44.3 Å². The zero-order chi connectivity index (χ0) is 49.2.